The predicted molar refractivity (Wildman–Crippen MR) is 39.8 cm³/mol. The number of nitrogens with two attached hydrogens (primary N) is 2. The van der Waals surface area contributed by atoms with Gasteiger partial charge < -0.3 is 16.6 Å². The fraction of sp³-hybridized carbons (Fsp3) is 0.600. The van der Waals surface area contributed by atoms with Crippen LogP contribution in [-0.2, 0) is 9.59 Å². The van der Waals surface area contributed by atoms with Crippen LogP contribution >= 0.6 is 0 Å². The fourth-order valence-corrected chi connectivity index (χ4v) is 0.421. The SMILES string of the molecule is NC(=O)CC[C@H](N)C(=O)O.[Cs]. The zero-order chi connectivity index (χ0) is 8.15. The largest absolute Gasteiger partial charge is 0.480 e. The summed E-state index contributed by atoms with van der Waals surface area (Å²) < 4.78 is 0. The van der Waals surface area contributed by atoms with Gasteiger partial charge in [0.1, 0.15) is 6.04 Å². The second kappa shape index (κ2) is 7.59. The Kier molecular flexibility index (Phi) is 9.99. The summed E-state index contributed by atoms with van der Waals surface area (Å²) in [7, 11) is 0. The van der Waals surface area contributed by atoms with Crippen LogP contribution in [0.2, 0.25) is 0 Å². The number of amides is 1. The van der Waals surface area contributed by atoms with Crippen LogP contribution in [0, 0.1) is 0 Å². The van der Waals surface area contributed by atoms with E-state index < -0.39 is 17.9 Å². The molecule has 0 spiro atoms. The van der Waals surface area contributed by atoms with Crippen molar-refractivity contribution in [3.8, 4) is 0 Å². The molecule has 5 N–H and O–H groups in total. The number of hydrogen-bond acceptors (Lipinski definition) is 3. The van der Waals surface area contributed by atoms with Crippen molar-refractivity contribution in [1.29, 1.82) is 0 Å². The predicted octanol–water partition coefficient (Wildman–Crippen LogP) is -1.72. The summed E-state index contributed by atoms with van der Waals surface area (Å²) in [5.74, 6) is -1.64. The molecule has 0 heterocycles. The Balaban J connectivity index is 0. The van der Waals surface area contributed by atoms with Gasteiger partial charge in [0.05, 0.1) is 0 Å². The summed E-state index contributed by atoms with van der Waals surface area (Å²) in [5.41, 5.74) is 9.81. The molecule has 1 atom stereocenters. The third-order valence-corrected chi connectivity index (χ3v) is 1.02. The van der Waals surface area contributed by atoms with Crippen LogP contribution < -0.4 is 11.5 Å². The Morgan fingerprint density at radius 3 is 2.18 bits per heavy atom. The number of carbonyl (C=O) groups is 2. The maximum absolute atomic E-state index is 10.1. The molecule has 0 rings (SSSR count). The minimum atomic E-state index is -1.11. The smallest absolute Gasteiger partial charge is 0.320 e. The first-order valence-corrected chi connectivity index (χ1v) is 2.80. The van der Waals surface area contributed by atoms with E-state index in [1.165, 1.54) is 0 Å². The second-order valence-electron chi connectivity index (χ2n) is 1.95. The van der Waals surface area contributed by atoms with E-state index in [1.807, 2.05) is 0 Å². The molecule has 6 heteroatoms. The Hall–Kier alpha value is 0.952. The summed E-state index contributed by atoms with van der Waals surface area (Å²) >= 11 is 0. The summed E-state index contributed by atoms with van der Waals surface area (Å²) in [6.07, 6.45) is 0.123. The van der Waals surface area contributed by atoms with Crippen molar-refractivity contribution in [2.75, 3.05) is 0 Å². The number of aliphatic carboxylic acids is 1. The maximum Gasteiger partial charge on any atom is 0.320 e. The van der Waals surface area contributed by atoms with E-state index in [0.29, 0.717) is 0 Å². The number of primary amides is 1. The molecule has 1 amide bonds. The van der Waals surface area contributed by atoms with Crippen LogP contribution in [0.5, 0.6) is 0 Å². The summed E-state index contributed by atoms with van der Waals surface area (Å²) in [6, 6.07) is -0.979. The molecule has 0 saturated carbocycles. The van der Waals surface area contributed by atoms with Gasteiger partial charge in [0, 0.05) is 75.3 Å². The summed E-state index contributed by atoms with van der Waals surface area (Å²) in [6.45, 7) is 0. The molecule has 0 aliphatic carbocycles. The van der Waals surface area contributed by atoms with Crippen molar-refractivity contribution >= 4 is 80.8 Å². The number of rotatable bonds is 4. The van der Waals surface area contributed by atoms with Gasteiger partial charge in [-0.25, -0.2) is 0 Å². The van der Waals surface area contributed by atoms with Gasteiger partial charge in [0.15, 0.2) is 0 Å². The molecule has 5 nitrogen and oxygen atoms in total. The van der Waals surface area contributed by atoms with E-state index >= 15 is 0 Å². The maximum atomic E-state index is 10.1. The molecule has 0 aromatic heterocycles. The number of hydrogen-bond donors (Lipinski definition) is 3. The van der Waals surface area contributed by atoms with Crippen molar-refractivity contribution < 1.29 is 14.7 Å². The molecule has 0 aliphatic heterocycles. The summed E-state index contributed by atoms with van der Waals surface area (Å²) in [5, 5.41) is 8.22. The Morgan fingerprint density at radius 1 is 1.45 bits per heavy atom. The number of carboxylic acids is 1. The van der Waals surface area contributed by atoms with E-state index in [2.05, 4.69) is 0 Å². The van der Waals surface area contributed by atoms with Gasteiger partial charge in [-0.2, -0.15) is 0 Å². The van der Waals surface area contributed by atoms with E-state index in [1.54, 1.807) is 0 Å². The Labute approximate surface area is 123 Å². The first kappa shape index (κ1) is 14.5. The zero-order valence-electron chi connectivity index (χ0n) is 6.41. The molecule has 0 aliphatic rings. The van der Waals surface area contributed by atoms with Crippen LogP contribution in [0.15, 0.2) is 0 Å². The average Bonchev–Trinajstić information content (AvgIpc) is 1.82. The van der Waals surface area contributed by atoms with Gasteiger partial charge in [-0.05, 0) is 6.42 Å². The molecule has 59 valence electrons. The van der Waals surface area contributed by atoms with Crippen LogP contribution in [0.4, 0.5) is 0 Å². The first-order valence-electron chi connectivity index (χ1n) is 2.80. The molecule has 11 heavy (non-hydrogen) atoms. The van der Waals surface area contributed by atoms with Gasteiger partial charge in [0.2, 0.25) is 5.91 Å². The standard InChI is InChI=1S/C5H10N2O3.Cs/c6-3(5(9)10)1-2-4(7)8;/h3H,1-2,6H2,(H2,7,8)(H,9,10);/t3-;/m0./s1. The van der Waals surface area contributed by atoms with Crippen molar-refractivity contribution in [2.45, 2.75) is 18.9 Å². The van der Waals surface area contributed by atoms with Crippen LogP contribution in [0.3, 0.4) is 0 Å². The second-order valence-corrected chi connectivity index (χ2v) is 1.95. The Bertz CT molecular complexity index is 151. The van der Waals surface area contributed by atoms with Gasteiger partial charge in [-0.3, -0.25) is 9.59 Å². The van der Waals surface area contributed by atoms with E-state index in [0.717, 1.165) is 0 Å². The molecule has 1 radical (unpaired) electrons. The molecular weight excluding hydrogens is 269 g/mol. The van der Waals surface area contributed by atoms with E-state index in [-0.39, 0.29) is 81.7 Å². The molecule has 0 bridgehead atoms. The number of carboxylic acid groups (broad SMARTS) is 1. The minimum Gasteiger partial charge on any atom is -0.480 e. The van der Waals surface area contributed by atoms with Crippen LogP contribution in [-0.4, -0.2) is 91.9 Å². The summed E-state index contributed by atoms with van der Waals surface area (Å²) in [4.78, 5) is 20.1. The fourth-order valence-electron chi connectivity index (χ4n) is 0.421. The molecular formula is C5H10CsN2O3. The van der Waals surface area contributed by atoms with Gasteiger partial charge >= 0.3 is 5.97 Å². The zero-order valence-corrected chi connectivity index (χ0v) is 12.7. The topological polar surface area (TPSA) is 106 Å². The van der Waals surface area contributed by atoms with Gasteiger partial charge in [-0.1, -0.05) is 0 Å². The quantitative estimate of drug-likeness (QED) is 0.569. The molecule has 0 aromatic carbocycles. The van der Waals surface area contributed by atoms with Crippen molar-refractivity contribution in [2.24, 2.45) is 11.5 Å². The third-order valence-electron chi connectivity index (χ3n) is 1.02. The monoisotopic (exact) mass is 279 g/mol. The van der Waals surface area contributed by atoms with Crippen molar-refractivity contribution in [3.05, 3.63) is 0 Å². The molecule has 0 aromatic rings. The van der Waals surface area contributed by atoms with Crippen LogP contribution in [0.25, 0.3) is 0 Å². The normalized spacial score (nSPS) is 11.4. The molecule has 0 unspecified atom stereocenters. The number of carbonyl (C=O) groups excluding carboxylic acids is 1. The van der Waals surface area contributed by atoms with Gasteiger partial charge in [-0.15, -0.1) is 0 Å². The average molecular weight is 279 g/mol. The Morgan fingerprint density at radius 2 is 1.91 bits per heavy atom. The van der Waals surface area contributed by atoms with E-state index in [4.69, 9.17) is 16.6 Å². The van der Waals surface area contributed by atoms with E-state index in [9.17, 15) is 9.59 Å². The van der Waals surface area contributed by atoms with Crippen LogP contribution in [0.1, 0.15) is 12.8 Å². The minimum absolute atomic E-state index is 0. The first-order chi connectivity index (χ1) is 4.54. The molecule has 0 saturated heterocycles. The third kappa shape index (κ3) is 8.86. The van der Waals surface area contributed by atoms with Crippen molar-refractivity contribution in [1.82, 2.24) is 0 Å². The molecule has 0 fully saturated rings. The van der Waals surface area contributed by atoms with Crippen molar-refractivity contribution in [3.63, 3.8) is 0 Å². The van der Waals surface area contributed by atoms with Gasteiger partial charge in [0.25, 0.3) is 0 Å².